The Labute approximate surface area is 137 Å². The van der Waals surface area contributed by atoms with E-state index in [1.807, 2.05) is 30.8 Å². The summed E-state index contributed by atoms with van der Waals surface area (Å²) in [5, 5.41) is 8.17. The van der Waals surface area contributed by atoms with E-state index in [1.54, 1.807) is 0 Å². The summed E-state index contributed by atoms with van der Waals surface area (Å²) in [6.45, 7) is 10.3. The second kappa shape index (κ2) is 6.76. The van der Waals surface area contributed by atoms with Crippen molar-refractivity contribution < 1.29 is 9.15 Å². The first kappa shape index (κ1) is 16.1. The predicted octanol–water partition coefficient (Wildman–Crippen LogP) is 2.32. The normalized spacial score (nSPS) is 16.8. The van der Waals surface area contributed by atoms with Crippen molar-refractivity contribution in [1.82, 2.24) is 15.1 Å². The van der Waals surface area contributed by atoms with Crippen molar-refractivity contribution in [3.8, 4) is 0 Å². The monoisotopic (exact) mass is 318 g/mol. The Kier molecular flexibility index (Phi) is 4.73. The van der Waals surface area contributed by atoms with Crippen LogP contribution in [-0.4, -0.2) is 36.1 Å². The van der Waals surface area contributed by atoms with Gasteiger partial charge in [-0.1, -0.05) is 0 Å². The zero-order chi connectivity index (χ0) is 16.4. The van der Waals surface area contributed by atoms with E-state index in [9.17, 15) is 0 Å². The molecule has 1 saturated heterocycles. The number of morpholine rings is 1. The standard InChI is InChI=1S/C17H26N4O2/c1-12-5-6-16(23-12)14(3)18-11-15-13(2)19-20(4)17(15)21-7-9-22-10-8-21/h5-6,14,18H,7-11H2,1-4H3/t14-/m1/s1. The molecule has 3 rings (SSSR count). The van der Waals surface area contributed by atoms with Gasteiger partial charge in [0.15, 0.2) is 0 Å². The Morgan fingerprint density at radius 2 is 2.00 bits per heavy atom. The third-order valence-corrected chi connectivity index (χ3v) is 4.40. The minimum atomic E-state index is 0.167. The maximum Gasteiger partial charge on any atom is 0.131 e. The molecule has 6 nitrogen and oxygen atoms in total. The van der Waals surface area contributed by atoms with Gasteiger partial charge in [-0.25, -0.2) is 0 Å². The lowest BCUT2D eigenvalue weighted by atomic mass is 10.2. The molecule has 2 aromatic rings. The predicted molar refractivity (Wildman–Crippen MR) is 89.7 cm³/mol. The molecule has 0 amide bonds. The maximum absolute atomic E-state index is 5.71. The van der Waals surface area contributed by atoms with E-state index in [0.29, 0.717) is 0 Å². The summed E-state index contributed by atoms with van der Waals surface area (Å²) in [4.78, 5) is 2.36. The van der Waals surface area contributed by atoms with E-state index in [4.69, 9.17) is 9.15 Å². The third kappa shape index (κ3) is 3.43. The van der Waals surface area contributed by atoms with Gasteiger partial charge in [-0.3, -0.25) is 4.68 Å². The lowest BCUT2D eigenvalue weighted by molar-refractivity contribution is 0.122. The largest absolute Gasteiger partial charge is 0.465 e. The Morgan fingerprint density at radius 3 is 2.65 bits per heavy atom. The lowest BCUT2D eigenvalue weighted by Crippen LogP contribution is -2.38. The Morgan fingerprint density at radius 1 is 1.26 bits per heavy atom. The van der Waals surface area contributed by atoms with Crippen LogP contribution in [0, 0.1) is 13.8 Å². The van der Waals surface area contributed by atoms with Crippen LogP contribution in [-0.2, 0) is 18.3 Å². The van der Waals surface area contributed by atoms with Gasteiger partial charge >= 0.3 is 0 Å². The molecule has 1 fully saturated rings. The van der Waals surface area contributed by atoms with Gasteiger partial charge in [0.05, 0.1) is 24.9 Å². The minimum absolute atomic E-state index is 0.167. The van der Waals surface area contributed by atoms with E-state index in [2.05, 4.69) is 29.2 Å². The molecule has 0 saturated carbocycles. The fourth-order valence-corrected chi connectivity index (χ4v) is 3.11. The van der Waals surface area contributed by atoms with Crippen molar-refractivity contribution >= 4 is 5.82 Å². The fraction of sp³-hybridized carbons (Fsp3) is 0.588. The number of hydrogen-bond acceptors (Lipinski definition) is 5. The molecule has 2 aromatic heterocycles. The van der Waals surface area contributed by atoms with Gasteiger partial charge in [-0.15, -0.1) is 0 Å². The molecular formula is C17H26N4O2. The number of hydrogen-bond donors (Lipinski definition) is 1. The number of aromatic nitrogens is 2. The highest BCUT2D eigenvalue weighted by Crippen LogP contribution is 2.25. The smallest absolute Gasteiger partial charge is 0.131 e. The summed E-state index contributed by atoms with van der Waals surface area (Å²) < 4.78 is 13.2. The molecule has 0 spiro atoms. The van der Waals surface area contributed by atoms with Crippen LogP contribution in [0.3, 0.4) is 0 Å². The van der Waals surface area contributed by atoms with Crippen molar-refractivity contribution in [3.63, 3.8) is 0 Å². The zero-order valence-corrected chi connectivity index (χ0v) is 14.4. The van der Waals surface area contributed by atoms with E-state index in [0.717, 1.165) is 50.1 Å². The molecule has 1 atom stereocenters. The number of aryl methyl sites for hydroxylation is 3. The molecule has 6 heteroatoms. The average Bonchev–Trinajstić information content (AvgIpc) is 3.09. The van der Waals surface area contributed by atoms with Gasteiger partial charge in [0.25, 0.3) is 0 Å². The van der Waals surface area contributed by atoms with Crippen LogP contribution in [0.2, 0.25) is 0 Å². The molecule has 23 heavy (non-hydrogen) atoms. The minimum Gasteiger partial charge on any atom is -0.465 e. The summed E-state index contributed by atoms with van der Waals surface area (Å²) >= 11 is 0. The number of nitrogens with zero attached hydrogens (tertiary/aromatic N) is 3. The summed E-state index contributed by atoms with van der Waals surface area (Å²) in [6, 6.07) is 4.20. The molecule has 1 N–H and O–H groups in total. The Balaban J connectivity index is 1.74. The fourth-order valence-electron chi connectivity index (χ4n) is 3.11. The summed E-state index contributed by atoms with van der Waals surface area (Å²) in [5.41, 5.74) is 2.33. The molecule has 1 aliphatic rings. The first-order valence-electron chi connectivity index (χ1n) is 8.21. The van der Waals surface area contributed by atoms with Gasteiger partial charge in [0.1, 0.15) is 17.3 Å². The summed E-state index contributed by atoms with van der Waals surface area (Å²) in [5.74, 6) is 3.11. The highest BCUT2D eigenvalue weighted by Gasteiger charge is 2.22. The highest BCUT2D eigenvalue weighted by molar-refractivity contribution is 5.50. The molecule has 0 unspecified atom stereocenters. The van der Waals surface area contributed by atoms with E-state index in [1.165, 1.54) is 11.4 Å². The van der Waals surface area contributed by atoms with Crippen LogP contribution < -0.4 is 10.2 Å². The van der Waals surface area contributed by atoms with Crippen LogP contribution in [0.15, 0.2) is 16.5 Å². The number of anilines is 1. The Bertz CT molecular complexity index is 656. The van der Waals surface area contributed by atoms with Crippen molar-refractivity contribution in [2.45, 2.75) is 33.4 Å². The second-order valence-corrected chi connectivity index (χ2v) is 6.16. The number of ether oxygens (including phenoxy) is 1. The molecular weight excluding hydrogens is 292 g/mol. The van der Waals surface area contributed by atoms with E-state index in [-0.39, 0.29) is 6.04 Å². The van der Waals surface area contributed by atoms with Crippen LogP contribution in [0.4, 0.5) is 5.82 Å². The second-order valence-electron chi connectivity index (χ2n) is 6.16. The van der Waals surface area contributed by atoms with Crippen LogP contribution in [0.5, 0.6) is 0 Å². The average molecular weight is 318 g/mol. The molecule has 3 heterocycles. The molecule has 126 valence electrons. The molecule has 0 bridgehead atoms. The zero-order valence-electron chi connectivity index (χ0n) is 14.4. The molecule has 0 aliphatic carbocycles. The van der Waals surface area contributed by atoms with Gasteiger partial charge in [-0.2, -0.15) is 5.10 Å². The molecule has 1 aliphatic heterocycles. The summed E-state index contributed by atoms with van der Waals surface area (Å²) in [7, 11) is 2.01. The lowest BCUT2D eigenvalue weighted by Gasteiger charge is -2.29. The van der Waals surface area contributed by atoms with E-state index >= 15 is 0 Å². The Hall–Kier alpha value is -1.79. The van der Waals surface area contributed by atoms with Gasteiger partial charge in [0, 0.05) is 32.2 Å². The van der Waals surface area contributed by atoms with Gasteiger partial charge < -0.3 is 19.4 Å². The molecule has 0 aromatic carbocycles. The van der Waals surface area contributed by atoms with Crippen molar-refractivity contribution in [2.24, 2.45) is 7.05 Å². The number of nitrogens with one attached hydrogen (secondary N) is 1. The maximum atomic E-state index is 5.71. The highest BCUT2D eigenvalue weighted by atomic mass is 16.5. The number of rotatable bonds is 5. The van der Waals surface area contributed by atoms with E-state index < -0.39 is 0 Å². The third-order valence-electron chi connectivity index (χ3n) is 4.40. The van der Waals surface area contributed by atoms with Crippen LogP contribution in [0.1, 0.15) is 35.7 Å². The van der Waals surface area contributed by atoms with Crippen molar-refractivity contribution in [2.75, 3.05) is 31.2 Å². The van der Waals surface area contributed by atoms with Gasteiger partial charge in [0.2, 0.25) is 0 Å². The van der Waals surface area contributed by atoms with Gasteiger partial charge in [-0.05, 0) is 32.9 Å². The summed E-state index contributed by atoms with van der Waals surface area (Å²) in [6.07, 6.45) is 0. The first-order chi connectivity index (χ1) is 11.1. The SMILES string of the molecule is Cc1ccc([C@@H](C)NCc2c(C)nn(C)c2N2CCOCC2)o1. The molecule has 0 radical (unpaired) electrons. The topological polar surface area (TPSA) is 55.5 Å². The van der Waals surface area contributed by atoms with Crippen molar-refractivity contribution in [1.29, 1.82) is 0 Å². The quantitative estimate of drug-likeness (QED) is 0.917. The van der Waals surface area contributed by atoms with Crippen LogP contribution >= 0.6 is 0 Å². The van der Waals surface area contributed by atoms with Crippen molar-refractivity contribution in [3.05, 3.63) is 34.9 Å². The first-order valence-corrected chi connectivity index (χ1v) is 8.21. The number of furan rings is 1. The van der Waals surface area contributed by atoms with Crippen LogP contribution in [0.25, 0.3) is 0 Å².